The van der Waals surface area contributed by atoms with E-state index in [4.69, 9.17) is 0 Å². The van der Waals surface area contributed by atoms with E-state index in [2.05, 4.69) is 6.07 Å². The van der Waals surface area contributed by atoms with Crippen LogP contribution in [0.15, 0.2) is 18.2 Å². The van der Waals surface area contributed by atoms with Crippen LogP contribution in [0.25, 0.3) is 0 Å². The van der Waals surface area contributed by atoms with E-state index in [-0.39, 0.29) is 0 Å². The van der Waals surface area contributed by atoms with Crippen LogP contribution in [-0.4, -0.2) is 0 Å². The maximum atomic E-state index is 12.2. The van der Waals surface area contributed by atoms with Gasteiger partial charge >= 0.3 is 6.18 Å². The van der Waals surface area contributed by atoms with Gasteiger partial charge in [-0.15, -0.1) is 0 Å². The number of rotatable bonds is 1. The molecular weight excluding hydrogens is 177 g/mol. The van der Waals surface area contributed by atoms with Gasteiger partial charge in [-0.1, -0.05) is 12.1 Å². The lowest BCUT2D eigenvalue weighted by atomic mass is 10.1. The van der Waals surface area contributed by atoms with Gasteiger partial charge in [-0.2, -0.15) is 13.2 Å². The zero-order chi connectivity index (χ0) is 9.47. The fraction of sp³-hybridized carbons (Fsp3) is 0.400. The van der Waals surface area contributed by atoms with Gasteiger partial charge in [0.25, 0.3) is 0 Å². The van der Waals surface area contributed by atoms with Crippen LogP contribution in [0.4, 0.5) is 13.2 Å². The predicted octanol–water partition coefficient (Wildman–Crippen LogP) is 3.38. The first-order chi connectivity index (χ1) is 6.07. The molecule has 1 aromatic rings. The molecule has 2 rings (SSSR count). The molecule has 0 N–H and O–H groups in total. The summed E-state index contributed by atoms with van der Waals surface area (Å²) in [5, 5.41) is 0. The van der Waals surface area contributed by atoms with Crippen LogP contribution in [0.1, 0.15) is 29.9 Å². The molecule has 1 saturated carbocycles. The Hall–Kier alpha value is -0.990. The van der Waals surface area contributed by atoms with Crippen molar-refractivity contribution in [1.82, 2.24) is 0 Å². The molecule has 0 unspecified atom stereocenters. The number of benzene rings is 1. The molecular formula is C10H8F3. The largest absolute Gasteiger partial charge is 0.417 e. The second-order valence-corrected chi connectivity index (χ2v) is 3.29. The Kier molecular flexibility index (Phi) is 1.82. The van der Waals surface area contributed by atoms with Gasteiger partial charge < -0.3 is 0 Å². The van der Waals surface area contributed by atoms with E-state index >= 15 is 0 Å². The van der Waals surface area contributed by atoms with Crippen molar-refractivity contribution in [3.63, 3.8) is 0 Å². The Bertz CT molecular complexity index is 310. The summed E-state index contributed by atoms with van der Waals surface area (Å²) < 4.78 is 36.7. The number of hydrogen-bond donors (Lipinski definition) is 0. The highest BCUT2D eigenvalue weighted by Gasteiger charge is 2.32. The Morgan fingerprint density at radius 1 is 1.23 bits per heavy atom. The van der Waals surface area contributed by atoms with Gasteiger partial charge in [-0.25, -0.2) is 0 Å². The first-order valence-electron chi connectivity index (χ1n) is 4.17. The van der Waals surface area contributed by atoms with Crippen molar-refractivity contribution >= 4 is 0 Å². The molecule has 0 heterocycles. The maximum Gasteiger partial charge on any atom is 0.417 e. The molecule has 1 radical (unpaired) electrons. The van der Waals surface area contributed by atoms with Crippen LogP contribution in [0, 0.1) is 6.07 Å². The number of hydrogen-bond acceptors (Lipinski definition) is 0. The zero-order valence-corrected chi connectivity index (χ0v) is 6.86. The Morgan fingerprint density at radius 3 is 2.46 bits per heavy atom. The molecule has 1 fully saturated rings. The summed E-state index contributed by atoms with van der Waals surface area (Å²) >= 11 is 0. The topological polar surface area (TPSA) is 0 Å². The summed E-state index contributed by atoms with van der Waals surface area (Å²) in [5.41, 5.74) is 0.0479. The van der Waals surface area contributed by atoms with Gasteiger partial charge in [0.15, 0.2) is 0 Å². The summed E-state index contributed by atoms with van der Waals surface area (Å²) in [5.74, 6) is 0.322. The second-order valence-electron chi connectivity index (χ2n) is 3.29. The van der Waals surface area contributed by atoms with E-state index in [1.807, 2.05) is 0 Å². The highest BCUT2D eigenvalue weighted by atomic mass is 19.4. The minimum absolute atomic E-state index is 0.322. The smallest absolute Gasteiger partial charge is 0.166 e. The molecule has 13 heavy (non-hydrogen) atoms. The van der Waals surface area contributed by atoms with E-state index in [9.17, 15) is 13.2 Å². The van der Waals surface area contributed by atoms with E-state index in [1.54, 1.807) is 6.07 Å². The van der Waals surface area contributed by atoms with Crippen molar-refractivity contribution in [2.45, 2.75) is 24.9 Å². The third-order valence-electron chi connectivity index (χ3n) is 2.14. The van der Waals surface area contributed by atoms with Crippen LogP contribution in [0.2, 0.25) is 0 Å². The molecule has 0 bridgehead atoms. The van der Waals surface area contributed by atoms with Crippen molar-refractivity contribution < 1.29 is 13.2 Å². The number of halogens is 3. The van der Waals surface area contributed by atoms with Crippen LogP contribution in [0.5, 0.6) is 0 Å². The van der Waals surface area contributed by atoms with E-state index in [1.165, 1.54) is 6.07 Å². The molecule has 0 aliphatic heterocycles. The molecule has 0 nitrogen and oxygen atoms in total. The molecule has 0 saturated heterocycles. The van der Waals surface area contributed by atoms with E-state index in [0.717, 1.165) is 18.9 Å². The Morgan fingerprint density at radius 2 is 1.92 bits per heavy atom. The average molecular weight is 185 g/mol. The second kappa shape index (κ2) is 2.76. The third-order valence-corrected chi connectivity index (χ3v) is 2.14. The van der Waals surface area contributed by atoms with Gasteiger partial charge in [0.05, 0.1) is 5.56 Å². The molecule has 0 spiro atoms. The van der Waals surface area contributed by atoms with Crippen molar-refractivity contribution in [2.24, 2.45) is 0 Å². The van der Waals surface area contributed by atoms with Gasteiger partial charge in [0, 0.05) is 0 Å². The summed E-state index contributed by atoms with van der Waals surface area (Å²) in [4.78, 5) is 0. The van der Waals surface area contributed by atoms with Crippen molar-refractivity contribution in [2.75, 3.05) is 0 Å². The van der Waals surface area contributed by atoms with Gasteiger partial charge in [-0.3, -0.25) is 0 Å². The lowest BCUT2D eigenvalue weighted by Gasteiger charge is -2.06. The number of alkyl halides is 3. The maximum absolute atomic E-state index is 12.2. The average Bonchev–Trinajstić information content (AvgIpc) is 2.85. The molecule has 0 atom stereocenters. The van der Waals surface area contributed by atoms with E-state index < -0.39 is 11.7 Å². The fourth-order valence-electron chi connectivity index (χ4n) is 1.28. The molecule has 3 heteroatoms. The van der Waals surface area contributed by atoms with Crippen molar-refractivity contribution in [3.8, 4) is 0 Å². The standard InChI is InChI=1S/C10H8F3/c11-10(12,13)9-3-1-2-8(6-9)7-4-5-7/h1-3,7H,4-5H2. The molecule has 1 aliphatic carbocycles. The minimum atomic E-state index is -4.26. The lowest BCUT2D eigenvalue weighted by molar-refractivity contribution is -0.137. The third kappa shape index (κ3) is 1.85. The molecule has 1 aliphatic rings. The zero-order valence-electron chi connectivity index (χ0n) is 6.86. The van der Waals surface area contributed by atoms with Crippen LogP contribution in [0.3, 0.4) is 0 Å². The highest BCUT2D eigenvalue weighted by molar-refractivity contribution is 5.29. The Labute approximate surface area is 74.4 Å². The van der Waals surface area contributed by atoms with Gasteiger partial charge in [0.2, 0.25) is 0 Å². The summed E-state index contributed by atoms with van der Waals surface area (Å²) in [6.07, 6.45) is -2.26. The SMILES string of the molecule is FC(F)(F)c1[c]c(C2CC2)ccc1. The lowest BCUT2D eigenvalue weighted by Crippen LogP contribution is -2.05. The summed E-state index contributed by atoms with van der Waals surface area (Å²) in [6.45, 7) is 0. The summed E-state index contributed by atoms with van der Waals surface area (Å²) in [6, 6.07) is 6.65. The normalized spacial score (nSPS) is 17.5. The molecule has 69 valence electrons. The van der Waals surface area contributed by atoms with Crippen LogP contribution in [-0.2, 0) is 6.18 Å². The highest BCUT2D eigenvalue weighted by Crippen LogP contribution is 2.41. The van der Waals surface area contributed by atoms with Crippen molar-refractivity contribution in [1.29, 1.82) is 0 Å². The molecule has 0 aromatic heterocycles. The molecule has 1 aromatic carbocycles. The van der Waals surface area contributed by atoms with Gasteiger partial charge in [0.1, 0.15) is 0 Å². The fourth-order valence-corrected chi connectivity index (χ4v) is 1.28. The van der Waals surface area contributed by atoms with Crippen molar-refractivity contribution in [3.05, 3.63) is 35.4 Å². The first-order valence-corrected chi connectivity index (χ1v) is 4.17. The molecule has 0 amide bonds. The monoisotopic (exact) mass is 185 g/mol. The Balaban J connectivity index is 2.32. The van der Waals surface area contributed by atoms with Crippen LogP contribution >= 0.6 is 0 Å². The predicted molar refractivity (Wildman–Crippen MR) is 42.3 cm³/mol. The summed E-state index contributed by atoms with van der Waals surface area (Å²) in [7, 11) is 0. The van der Waals surface area contributed by atoms with E-state index in [0.29, 0.717) is 11.5 Å². The quantitative estimate of drug-likeness (QED) is 0.629. The van der Waals surface area contributed by atoms with Gasteiger partial charge in [-0.05, 0) is 36.5 Å². The first kappa shape index (κ1) is 8.60. The minimum Gasteiger partial charge on any atom is -0.166 e. The van der Waals surface area contributed by atoms with Crippen LogP contribution < -0.4 is 0 Å².